The molecule has 1 heterocycles. The van der Waals surface area contributed by atoms with Gasteiger partial charge in [-0.3, -0.25) is 0 Å². The molecular formula is C14H20O4Si4. The second kappa shape index (κ2) is 7.61. The third kappa shape index (κ3) is 4.11. The maximum atomic E-state index is 6.22. The first-order chi connectivity index (χ1) is 10.7. The molecular weight excluding hydrogens is 344 g/mol. The molecule has 0 atom stereocenters. The summed E-state index contributed by atoms with van der Waals surface area (Å²) in [6.45, 7) is 4.13. The SMILES string of the molecule is C[SiH]1O[SiH](c2ccccc2)O[SiH](C)O[SiH](c2ccccc2)O1. The van der Waals surface area contributed by atoms with Gasteiger partial charge in [0, 0.05) is 0 Å². The quantitative estimate of drug-likeness (QED) is 0.704. The molecule has 8 heteroatoms. The molecule has 1 saturated heterocycles. The van der Waals surface area contributed by atoms with Crippen molar-refractivity contribution < 1.29 is 16.5 Å². The Balaban J connectivity index is 1.75. The Bertz CT molecular complexity index is 520. The summed E-state index contributed by atoms with van der Waals surface area (Å²) in [7, 11) is -7.31. The molecule has 0 amide bonds. The maximum absolute atomic E-state index is 6.22. The molecule has 1 aliphatic heterocycles. The Morgan fingerprint density at radius 2 is 0.864 bits per heavy atom. The molecule has 0 aromatic heterocycles. The van der Waals surface area contributed by atoms with Crippen LogP contribution in [-0.2, 0) is 16.5 Å². The van der Waals surface area contributed by atoms with Gasteiger partial charge < -0.3 is 16.5 Å². The van der Waals surface area contributed by atoms with Crippen LogP contribution in [0.1, 0.15) is 0 Å². The fraction of sp³-hybridized carbons (Fsp3) is 0.143. The van der Waals surface area contributed by atoms with Crippen LogP contribution >= 0.6 is 0 Å². The minimum absolute atomic E-state index is 1.16. The topological polar surface area (TPSA) is 36.9 Å². The lowest BCUT2D eigenvalue weighted by Crippen LogP contribution is -2.54. The third-order valence-electron chi connectivity index (χ3n) is 3.40. The highest BCUT2D eigenvalue weighted by molar-refractivity contribution is 6.81. The largest absolute Gasteiger partial charge is 0.417 e. The predicted octanol–water partition coefficient (Wildman–Crippen LogP) is 0.0224. The van der Waals surface area contributed by atoms with E-state index in [1.165, 1.54) is 0 Å². The van der Waals surface area contributed by atoms with E-state index in [1.54, 1.807) is 0 Å². The first-order valence-corrected chi connectivity index (χ1v) is 14.7. The summed E-state index contributed by atoms with van der Waals surface area (Å²) in [5.41, 5.74) is 0. The van der Waals surface area contributed by atoms with Crippen LogP contribution in [0.2, 0.25) is 13.1 Å². The van der Waals surface area contributed by atoms with Crippen LogP contribution in [0.25, 0.3) is 0 Å². The van der Waals surface area contributed by atoms with Gasteiger partial charge in [0.2, 0.25) is 0 Å². The van der Waals surface area contributed by atoms with Crippen molar-refractivity contribution >= 4 is 47.5 Å². The van der Waals surface area contributed by atoms with E-state index in [0.717, 1.165) is 10.4 Å². The molecule has 3 rings (SSSR count). The van der Waals surface area contributed by atoms with Crippen LogP contribution < -0.4 is 10.4 Å². The molecule has 0 unspecified atom stereocenters. The van der Waals surface area contributed by atoms with Crippen molar-refractivity contribution in [3.05, 3.63) is 60.7 Å². The van der Waals surface area contributed by atoms with E-state index in [0.29, 0.717) is 0 Å². The Morgan fingerprint density at radius 1 is 0.545 bits per heavy atom. The molecule has 0 bridgehead atoms. The van der Waals surface area contributed by atoms with Crippen molar-refractivity contribution in [1.29, 1.82) is 0 Å². The molecule has 4 nitrogen and oxygen atoms in total. The van der Waals surface area contributed by atoms with Crippen LogP contribution in [-0.4, -0.2) is 37.1 Å². The minimum atomic E-state index is -1.90. The summed E-state index contributed by atoms with van der Waals surface area (Å²) >= 11 is 0. The highest BCUT2D eigenvalue weighted by atomic mass is 28.5. The zero-order valence-electron chi connectivity index (χ0n) is 12.7. The van der Waals surface area contributed by atoms with E-state index < -0.39 is 37.1 Å². The van der Waals surface area contributed by atoms with Crippen molar-refractivity contribution in [1.82, 2.24) is 0 Å². The lowest BCUT2D eigenvalue weighted by molar-refractivity contribution is 0.302. The third-order valence-corrected chi connectivity index (χ3v) is 15.4. The Labute approximate surface area is 138 Å². The fourth-order valence-electron chi connectivity index (χ4n) is 2.36. The van der Waals surface area contributed by atoms with Gasteiger partial charge in [0.25, 0.3) is 0 Å². The maximum Gasteiger partial charge on any atom is 0.337 e. The summed E-state index contributed by atoms with van der Waals surface area (Å²) in [6.07, 6.45) is 0. The average Bonchev–Trinajstić information content (AvgIpc) is 2.54. The van der Waals surface area contributed by atoms with Crippen molar-refractivity contribution in [3.8, 4) is 0 Å². The van der Waals surface area contributed by atoms with Crippen molar-refractivity contribution in [2.24, 2.45) is 0 Å². The summed E-state index contributed by atoms with van der Waals surface area (Å²) in [5, 5.41) is 2.32. The van der Waals surface area contributed by atoms with Gasteiger partial charge in [0.15, 0.2) is 0 Å². The van der Waals surface area contributed by atoms with E-state index in [-0.39, 0.29) is 0 Å². The Hall–Kier alpha value is -0.852. The average molecular weight is 365 g/mol. The molecule has 0 N–H and O–H groups in total. The van der Waals surface area contributed by atoms with Crippen molar-refractivity contribution in [2.45, 2.75) is 13.1 Å². The Kier molecular flexibility index (Phi) is 5.54. The molecule has 2 aromatic rings. The fourth-order valence-corrected chi connectivity index (χ4v) is 14.9. The van der Waals surface area contributed by atoms with E-state index in [4.69, 9.17) is 16.5 Å². The van der Waals surface area contributed by atoms with E-state index >= 15 is 0 Å². The normalized spacial score (nSPS) is 29.5. The number of benzene rings is 2. The lowest BCUT2D eigenvalue weighted by atomic mass is 10.4. The van der Waals surface area contributed by atoms with Gasteiger partial charge in [-0.25, -0.2) is 0 Å². The van der Waals surface area contributed by atoms with Gasteiger partial charge in [-0.1, -0.05) is 60.7 Å². The highest BCUT2D eigenvalue weighted by Crippen LogP contribution is 2.08. The minimum Gasteiger partial charge on any atom is -0.417 e. The monoisotopic (exact) mass is 364 g/mol. The molecule has 22 heavy (non-hydrogen) atoms. The zero-order valence-corrected chi connectivity index (χ0v) is 17.3. The molecule has 0 radical (unpaired) electrons. The predicted molar refractivity (Wildman–Crippen MR) is 96.8 cm³/mol. The smallest absolute Gasteiger partial charge is 0.337 e. The van der Waals surface area contributed by atoms with E-state index in [1.807, 2.05) is 36.4 Å². The first-order valence-electron chi connectivity index (χ1n) is 7.44. The second-order valence-corrected chi connectivity index (χ2v) is 14.5. The molecule has 1 aliphatic rings. The standard InChI is InChI=1S/C14H20O4Si4/c1-19-15-21(13-9-5-3-6-10-13)17-20(2)18-22(16-19)14-11-7-4-8-12-14/h3-12,19-22H,1-2H3. The number of hydrogen-bond acceptors (Lipinski definition) is 4. The highest BCUT2D eigenvalue weighted by Gasteiger charge is 2.32. The van der Waals surface area contributed by atoms with Crippen LogP contribution in [0.4, 0.5) is 0 Å². The van der Waals surface area contributed by atoms with Crippen molar-refractivity contribution in [2.75, 3.05) is 0 Å². The van der Waals surface area contributed by atoms with Gasteiger partial charge in [0.05, 0.1) is 0 Å². The van der Waals surface area contributed by atoms with Crippen LogP contribution in [0, 0.1) is 0 Å². The molecule has 0 spiro atoms. The summed E-state index contributed by atoms with van der Waals surface area (Å²) < 4.78 is 24.9. The second-order valence-electron chi connectivity index (χ2n) is 5.16. The first kappa shape index (κ1) is 16.0. The summed E-state index contributed by atoms with van der Waals surface area (Å²) in [6, 6.07) is 20.4. The zero-order chi connectivity index (χ0) is 15.4. The molecule has 0 aliphatic carbocycles. The van der Waals surface area contributed by atoms with Crippen molar-refractivity contribution in [3.63, 3.8) is 0 Å². The number of rotatable bonds is 2. The van der Waals surface area contributed by atoms with Gasteiger partial charge in [-0.15, -0.1) is 0 Å². The van der Waals surface area contributed by atoms with Crippen LogP contribution in [0.15, 0.2) is 60.7 Å². The lowest BCUT2D eigenvalue weighted by Gasteiger charge is -2.32. The summed E-state index contributed by atoms with van der Waals surface area (Å²) in [5.74, 6) is 0. The van der Waals surface area contributed by atoms with Gasteiger partial charge in [0.1, 0.15) is 0 Å². The van der Waals surface area contributed by atoms with Gasteiger partial charge in [-0.2, -0.15) is 0 Å². The van der Waals surface area contributed by atoms with E-state index in [9.17, 15) is 0 Å². The Morgan fingerprint density at radius 3 is 1.18 bits per heavy atom. The molecule has 1 fully saturated rings. The van der Waals surface area contributed by atoms with Gasteiger partial charge in [-0.05, 0) is 23.5 Å². The molecule has 116 valence electrons. The molecule has 2 aromatic carbocycles. The van der Waals surface area contributed by atoms with Gasteiger partial charge >= 0.3 is 37.1 Å². The van der Waals surface area contributed by atoms with E-state index in [2.05, 4.69) is 37.4 Å². The van der Waals surface area contributed by atoms with Crippen LogP contribution in [0.5, 0.6) is 0 Å². The summed E-state index contributed by atoms with van der Waals surface area (Å²) in [4.78, 5) is 0. The van der Waals surface area contributed by atoms with Crippen LogP contribution in [0.3, 0.4) is 0 Å². The number of hydrogen-bond donors (Lipinski definition) is 0. The molecule has 0 saturated carbocycles.